The lowest BCUT2D eigenvalue weighted by atomic mass is 9.80. The number of hydrogen-bond acceptors (Lipinski definition) is 1. The van der Waals surface area contributed by atoms with Crippen molar-refractivity contribution >= 4 is 33.6 Å². The van der Waals surface area contributed by atoms with Crippen molar-refractivity contribution in [3.63, 3.8) is 0 Å². The summed E-state index contributed by atoms with van der Waals surface area (Å²) in [6, 6.07) is 36.8. The van der Waals surface area contributed by atoms with Gasteiger partial charge in [0.15, 0.2) is 11.9 Å². The van der Waals surface area contributed by atoms with Crippen LogP contribution in [0.25, 0.3) is 27.8 Å². The number of hydrogen-bond donors (Lipinski definition) is 0. The summed E-state index contributed by atoms with van der Waals surface area (Å²) >= 11 is 1.97. The molecule has 4 unspecified atom stereocenters. The van der Waals surface area contributed by atoms with Gasteiger partial charge in [0.1, 0.15) is 23.4 Å². The molecule has 3 nitrogen and oxygen atoms in total. The van der Waals surface area contributed by atoms with E-state index in [1.54, 1.807) is 16.8 Å². The highest BCUT2D eigenvalue weighted by molar-refractivity contribution is 7.11. The lowest BCUT2D eigenvalue weighted by molar-refractivity contribution is -0.704. The predicted octanol–water partition coefficient (Wildman–Crippen LogP) is 9.76. The summed E-state index contributed by atoms with van der Waals surface area (Å²) in [5.41, 5.74) is 14.3. The Hall–Kier alpha value is -4.54. The molecule has 0 amide bonds. The van der Waals surface area contributed by atoms with Crippen molar-refractivity contribution in [2.24, 2.45) is 5.92 Å². The van der Waals surface area contributed by atoms with Gasteiger partial charge < -0.3 is 0 Å². The minimum Gasteiger partial charge on any atom is -0.230 e. The summed E-state index contributed by atoms with van der Waals surface area (Å²) in [6.07, 6.45) is 9.56. The van der Waals surface area contributed by atoms with Gasteiger partial charge in [-0.25, -0.2) is 4.57 Å². The highest BCUT2D eigenvalue weighted by Gasteiger charge is 2.43. The van der Waals surface area contributed by atoms with E-state index in [2.05, 4.69) is 142 Å². The number of allylic oxidation sites excluding steroid dienone is 1. The van der Waals surface area contributed by atoms with Crippen LogP contribution in [0.1, 0.15) is 70.5 Å². The van der Waals surface area contributed by atoms with Gasteiger partial charge in [-0.05, 0) is 72.7 Å². The largest absolute Gasteiger partial charge is 0.286 e. The molecule has 1 aliphatic carbocycles. The molecule has 3 aromatic carbocycles. The maximum atomic E-state index is 2.71. The first kappa shape index (κ1) is 27.6. The molecule has 230 valence electrons. The van der Waals surface area contributed by atoms with Crippen molar-refractivity contribution in [3.05, 3.63) is 148 Å². The fraction of sp³-hybridized carbons (Fsp3) is 0.256. The molecule has 0 spiro atoms. The number of nitrogens with zero attached hydrogens (tertiary/aromatic N) is 3. The standard InChI is InChI=1S/C43H39N3S/c1-27-10-3-6-13-33(27)36-26-47-41-19-18-31-22-29-11-4-7-14-34(29)35-24-39(31)44(43(36)41)21-20-32-25-45-37(28(35)2)16-9-17-42(45)46-38-15-8-5-12-30(38)23-40(32)46/h3-17,20-21,23,26,28,31-32,35H,18-19,22,24-25H2,1-2H3/q+2. The van der Waals surface area contributed by atoms with Crippen LogP contribution in [-0.2, 0) is 19.4 Å². The smallest absolute Gasteiger partial charge is 0.230 e. The van der Waals surface area contributed by atoms with E-state index in [0.717, 1.165) is 25.8 Å². The van der Waals surface area contributed by atoms with Gasteiger partial charge in [-0.1, -0.05) is 79.7 Å². The second-order valence-electron chi connectivity index (χ2n) is 14.2. The van der Waals surface area contributed by atoms with Crippen LogP contribution in [0.4, 0.5) is 5.69 Å². The minimum atomic E-state index is 0.256. The Balaban J connectivity index is 1.29. The second kappa shape index (κ2) is 10.5. The molecule has 4 bridgehead atoms. The molecule has 3 aliphatic heterocycles. The number of para-hydroxylation sites is 1. The van der Waals surface area contributed by atoms with Gasteiger partial charge in [0.25, 0.3) is 5.82 Å². The van der Waals surface area contributed by atoms with Crippen LogP contribution in [0.5, 0.6) is 0 Å². The fourth-order valence-electron chi connectivity index (χ4n) is 9.38. The third-order valence-electron chi connectivity index (χ3n) is 11.7. The molecule has 6 heterocycles. The molecule has 0 saturated heterocycles. The number of benzene rings is 3. The summed E-state index contributed by atoms with van der Waals surface area (Å²) in [7, 11) is 0. The Morgan fingerprint density at radius 2 is 1.70 bits per heavy atom. The van der Waals surface area contributed by atoms with Crippen molar-refractivity contribution in [1.29, 1.82) is 0 Å². The van der Waals surface area contributed by atoms with Gasteiger partial charge >= 0.3 is 0 Å². The summed E-state index contributed by atoms with van der Waals surface area (Å²) in [6.45, 7) is 5.72. The van der Waals surface area contributed by atoms with Crippen LogP contribution in [0, 0.1) is 12.8 Å². The summed E-state index contributed by atoms with van der Waals surface area (Å²) < 4.78 is 7.90. The Bertz CT molecular complexity index is 2300. The monoisotopic (exact) mass is 629 g/mol. The topological polar surface area (TPSA) is 11.8 Å². The van der Waals surface area contributed by atoms with Crippen LogP contribution in [0.3, 0.4) is 0 Å². The third kappa shape index (κ3) is 4.10. The van der Waals surface area contributed by atoms with Crippen LogP contribution in [0.15, 0.2) is 115 Å². The Labute approximate surface area is 280 Å². The van der Waals surface area contributed by atoms with Crippen LogP contribution in [0.2, 0.25) is 0 Å². The van der Waals surface area contributed by atoms with Gasteiger partial charge in [0.2, 0.25) is 5.69 Å². The van der Waals surface area contributed by atoms with E-state index in [-0.39, 0.29) is 5.92 Å². The van der Waals surface area contributed by atoms with Crippen LogP contribution in [-0.4, -0.2) is 14.9 Å². The SMILES string of the molecule is Cc1ccccc1-c1csc2c1[N+]1=C3CC(c4ccccc4CC3CC2)C(C)c2cccc3[n+]2CC(C=C1)c1cc2ccccc2n1-3. The van der Waals surface area contributed by atoms with E-state index in [4.69, 9.17) is 0 Å². The molecule has 3 aromatic heterocycles. The summed E-state index contributed by atoms with van der Waals surface area (Å²) in [5, 5.41) is 3.75. The maximum Gasteiger partial charge on any atom is 0.286 e. The average molecular weight is 630 g/mol. The zero-order valence-corrected chi connectivity index (χ0v) is 27.9. The zero-order valence-electron chi connectivity index (χ0n) is 27.1. The first-order valence-corrected chi connectivity index (χ1v) is 18.2. The Kier molecular flexibility index (Phi) is 6.15. The van der Waals surface area contributed by atoms with E-state index < -0.39 is 0 Å². The lowest BCUT2D eigenvalue weighted by Crippen LogP contribution is -2.49. The van der Waals surface area contributed by atoms with Gasteiger partial charge in [-0.15, -0.1) is 11.3 Å². The third-order valence-corrected chi connectivity index (χ3v) is 12.8. The van der Waals surface area contributed by atoms with Crippen molar-refractivity contribution in [2.45, 2.75) is 63.8 Å². The van der Waals surface area contributed by atoms with E-state index >= 15 is 0 Å². The highest BCUT2D eigenvalue weighted by Crippen LogP contribution is 2.48. The number of fused-ring (bicyclic) bond motifs is 11. The van der Waals surface area contributed by atoms with E-state index in [1.807, 2.05) is 11.3 Å². The predicted molar refractivity (Wildman–Crippen MR) is 193 cm³/mol. The molecule has 4 aliphatic rings. The Morgan fingerprint density at radius 3 is 2.64 bits per heavy atom. The highest BCUT2D eigenvalue weighted by atomic mass is 32.1. The Morgan fingerprint density at radius 1 is 0.851 bits per heavy atom. The van der Waals surface area contributed by atoms with Crippen LogP contribution >= 0.6 is 11.3 Å². The maximum absolute atomic E-state index is 2.71. The van der Waals surface area contributed by atoms with Crippen molar-refractivity contribution in [2.75, 3.05) is 0 Å². The molecule has 0 fully saturated rings. The number of thiophene rings is 1. The van der Waals surface area contributed by atoms with Crippen molar-refractivity contribution < 1.29 is 9.14 Å². The van der Waals surface area contributed by atoms with E-state index in [9.17, 15) is 0 Å². The molecule has 6 aromatic rings. The molecule has 4 atom stereocenters. The number of aryl methyl sites for hydroxylation is 2. The van der Waals surface area contributed by atoms with Gasteiger partial charge in [0.05, 0.1) is 16.4 Å². The van der Waals surface area contributed by atoms with Crippen molar-refractivity contribution in [1.82, 2.24) is 4.57 Å². The first-order chi connectivity index (χ1) is 23.1. The average Bonchev–Trinajstić information content (AvgIpc) is 3.61. The number of aromatic nitrogens is 2. The van der Waals surface area contributed by atoms with E-state index in [1.165, 1.54) is 61.8 Å². The molecular formula is C43H39N3S+2. The van der Waals surface area contributed by atoms with Gasteiger partial charge in [0, 0.05) is 41.0 Å². The molecule has 47 heavy (non-hydrogen) atoms. The first-order valence-electron chi connectivity index (χ1n) is 17.3. The van der Waals surface area contributed by atoms with Crippen molar-refractivity contribution in [3.8, 4) is 16.9 Å². The van der Waals surface area contributed by atoms with Gasteiger partial charge in [-0.2, -0.15) is 9.14 Å². The number of rotatable bonds is 1. The molecular weight excluding hydrogens is 591 g/mol. The molecule has 0 N–H and O–H groups in total. The molecule has 0 radical (unpaired) electrons. The summed E-state index contributed by atoms with van der Waals surface area (Å²) in [4.78, 5) is 1.53. The van der Waals surface area contributed by atoms with Crippen LogP contribution < -0.4 is 4.57 Å². The molecule has 0 saturated carbocycles. The number of pyridine rings is 1. The van der Waals surface area contributed by atoms with E-state index in [0.29, 0.717) is 17.8 Å². The fourth-order valence-corrected chi connectivity index (χ4v) is 10.4. The normalized spacial score (nSPS) is 22.5. The zero-order chi connectivity index (χ0) is 31.2. The minimum absolute atomic E-state index is 0.256. The quantitative estimate of drug-likeness (QED) is 0.161. The molecule has 4 heteroatoms. The lowest BCUT2D eigenvalue weighted by Gasteiger charge is -2.28. The second-order valence-corrected chi connectivity index (χ2v) is 15.1. The molecule has 10 rings (SSSR count). The summed E-state index contributed by atoms with van der Waals surface area (Å²) in [5.74, 6) is 2.80. The van der Waals surface area contributed by atoms with Gasteiger partial charge in [-0.3, -0.25) is 0 Å².